The minimum atomic E-state index is -0.570. The molecule has 7 nitrogen and oxygen atoms in total. The Bertz CT molecular complexity index is 745. The van der Waals surface area contributed by atoms with Crippen molar-refractivity contribution in [2.24, 2.45) is 5.41 Å². The molecule has 0 aliphatic carbocycles. The quantitative estimate of drug-likeness (QED) is 0.825. The number of amides is 1. The Hall–Kier alpha value is -2.41. The van der Waals surface area contributed by atoms with Crippen molar-refractivity contribution < 1.29 is 9.32 Å². The summed E-state index contributed by atoms with van der Waals surface area (Å²) >= 11 is 0. The molecular weight excluding hydrogens is 320 g/mol. The Morgan fingerprint density at radius 3 is 2.68 bits per heavy atom. The molecule has 0 atom stereocenters. The fourth-order valence-corrected chi connectivity index (χ4v) is 3.15. The number of hydrogen-bond acceptors (Lipinski definition) is 5. The van der Waals surface area contributed by atoms with E-state index in [9.17, 15) is 9.59 Å². The van der Waals surface area contributed by atoms with Crippen LogP contribution in [0.3, 0.4) is 0 Å². The monoisotopic (exact) mass is 344 g/mol. The number of benzene rings is 1. The maximum absolute atomic E-state index is 12.5. The summed E-state index contributed by atoms with van der Waals surface area (Å²) in [5.74, 6) is -0.0510. The number of nitrogens with one attached hydrogen (secondary N) is 2. The Labute approximate surface area is 146 Å². The van der Waals surface area contributed by atoms with Crippen LogP contribution >= 0.6 is 0 Å². The molecule has 1 aliphatic heterocycles. The summed E-state index contributed by atoms with van der Waals surface area (Å²) in [7, 11) is 0. The number of carbonyl (C=O) groups excluding carboxylic acids is 1. The fourth-order valence-electron chi connectivity index (χ4n) is 3.15. The van der Waals surface area contributed by atoms with Gasteiger partial charge in [0.1, 0.15) is 0 Å². The van der Waals surface area contributed by atoms with Gasteiger partial charge in [0, 0.05) is 24.9 Å². The van der Waals surface area contributed by atoms with Crippen LogP contribution < -0.4 is 11.1 Å². The summed E-state index contributed by atoms with van der Waals surface area (Å²) in [6.07, 6.45) is 2.13. The highest BCUT2D eigenvalue weighted by Crippen LogP contribution is 2.31. The van der Waals surface area contributed by atoms with Crippen molar-refractivity contribution in [3.05, 3.63) is 52.3 Å². The molecule has 25 heavy (non-hydrogen) atoms. The number of piperidine rings is 1. The number of likely N-dealkylation sites (tertiary alicyclic amines) is 1. The Kier molecular flexibility index (Phi) is 5.33. The van der Waals surface area contributed by atoms with Gasteiger partial charge in [-0.25, -0.2) is 4.79 Å². The van der Waals surface area contributed by atoms with Crippen LogP contribution in [0, 0.1) is 5.41 Å². The standard InChI is InChI=1S/C18H24N4O3/c1-18(16(23)19-10-7-15-20-17(24)25-21-15)8-11-22(12-9-18)13-14-5-3-2-4-6-14/h2-6H,7-13H2,1H3,(H,19,23)(H,20,21,24). The van der Waals surface area contributed by atoms with Gasteiger partial charge in [-0.2, -0.15) is 0 Å². The molecule has 2 aromatic rings. The van der Waals surface area contributed by atoms with E-state index >= 15 is 0 Å². The van der Waals surface area contributed by atoms with E-state index in [0.717, 1.165) is 32.5 Å². The van der Waals surface area contributed by atoms with Gasteiger partial charge in [-0.3, -0.25) is 19.2 Å². The molecule has 0 spiro atoms. The van der Waals surface area contributed by atoms with Crippen LogP contribution in [0.4, 0.5) is 0 Å². The molecule has 1 saturated heterocycles. The predicted molar refractivity (Wildman–Crippen MR) is 92.9 cm³/mol. The summed E-state index contributed by atoms with van der Waals surface area (Å²) in [6, 6.07) is 10.4. The molecule has 0 unspecified atom stereocenters. The second-order valence-corrected chi connectivity index (χ2v) is 6.87. The Balaban J connectivity index is 1.44. The Morgan fingerprint density at radius 2 is 2.04 bits per heavy atom. The molecule has 3 rings (SSSR count). The van der Waals surface area contributed by atoms with Gasteiger partial charge in [-0.05, 0) is 31.5 Å². The molecule has 1 fully saturated rings. The van der Waals surface area contributed by atoms with Crippen LogP contribution in [0.15, 0.2) is 39.6 Å². The normalized spacial score (nSPS) is 17.3. The third-order valence-corrected chi connectivity index (χ3v) is 4.89. The van der Waals surface area contributed by atoms with Crippen LogP contribution in [0.1, 0.15) is 31.2 Å². The molecular formula is C18H24N4O3. The Morgan fingerprint density at radius 1 is 1.32 bits per heavy atom. The van der Waals surface area contributed by atoms with E-state index in [1.54, 1.807) is 0 Å². The lowest BCUT2D eigenvalue weighted by Gasteiger charge is -2.38. The van der Waals surface area contributed by atoms with Gasteiger partial charge in [-0.1, -0.05) is 42.4 Å². The first-order valence-electron chi connectivity index (χ1n) is 8.65. The molecule has 0 saturated carbocycles. The zero-order chi connectivity index (χ0) is 17.7. The van der Waals surface area contributed by atoms with Crippen LogP contribution in [-0.2, 0) is 17.8 Å². The van der Waals surface area contributed by atoms with Crippen LogP contribution in [-0.4, -0.2) is 40.6 Å². The molecule has 1 aromatic carbocycles. The van der Waals surface area contributed by atoms with Gasteiger partial charge < -0.3 is 5.32 Å². The third-order valence-electron chi connectivity index (χ3n) is 4.89. The van der Waals surface area contributed by atoms with Gasteiger partial charge in [-0.15, -0.1) is 0 Å². The summed E-state index contributed by atoms with van der Waals surface area (Å²) in [5, 5.41) is 6.55. The predicted octanol–water partition coefficient (Wildman–Crippen LogP) is 1.32. The van der Waals surface area contributed by atoms with E-state index in [1.807, 2.05) is 13.0 Å². The highest BCUT2D eigenvalue weighted by Gasteiger charge is 2.36. The lowest BCUT2D eigenvalue weighted by molar-refractivity contribution is -0.132. The van der Waals surface area contributed by atoms with Crippen LogP contribution in [0.2, 0.25) is 0 Å². The van der Waals surface area contributed by atoms with Gasteiger partial charge in [0.05, 0.1) is 0 Å². The molecule has 7 heteroatoms. The number of aromatic nitrogens is 2. The van der Waals surface area contributed by atoms with Gasteiger partial charge in [0.2, 0.25) is 5.91 Å². The smallest absolute Gasteiger partial charge is 0.355 e. The molecule has 2 heterocycles. The average molecular weight is 344 g/mol. The number of rotatable bonds is 6. The first-order chi connectivity index (χ1) is 12.0. The summed E-state index contributed by atoms with van der Waals surface area (Å²) in [5.41, 5.74) is 0.960. The first-order valence-corrected chi connectivity index (χ1v) is 8.65. The second-order valence-electron chi connectivity index (χ2n) is 6.87. The van der Waals surface area contributed by atoms with Crippen LogP contribution in [0.25, 0.3) is 0 Å². The minimum absolute atomic E-state index is 0.0673. The molecule has 2 N–H and O–H groups in total. The third kappa shape index (κ3) is 4.57. The number of aromatic amines is 1. The lowest BCUT2D eigenvalue weighted by atomic mass is 9.79. The van der Waals surface area contributed by atoms with E-state index in [-0.39, 0.29) is 11.3 Å². The van der Waals surface area contributed by atoms with E-state index in [1.165, 1.54) is 5.56 Å². The van der Waals surface area contributed by atoms with E-state index in [0.29, 0.717) is 18.8 Å². The lowest BCUT2D eigenvalue weighted by Crippen LogP contribution is -2.47. The average Bonchev–Trinajstić information content (AvgIpc) is 3.03. The van der Waals surface area contributed by atoms with Gasteiger partial charge in [0.25, 0.3) is 0 Å². The maximum atomic E-state index is 12.5. The number of hydrogen-bond donors (Lipinski definition) is 2. The van der Waals surface area contributed by atoms with Crippen molar-refractivity contribution in [3.8, 4) is 0 Å². The highest BCUT2D eigenvalue weighted by atomic mass is 16.5. The SMILES string of the molecule is CC1(C(=O)NCCc2noc(=O)[nH]2)CCN(Cc2ccccc2)CC1. The van der Waals surface area contributed by atoms with Gasteiger partial charge in [0.15, 0.2) is 5.82 Å². The van der Waals surface area contributed by atoms with Crippen molar-refractivity contribution in [2.75, 3.05) is 19.6 Å². The van der Waals surface area contributed by atoms with E-state index in [2.05, 4.69) is 49.1 Å². The molecule has 1 amide bonds. The molecule has 0 radical (unpaired) electrons. The zero-order valence-corrected chi connectivity index (χ0v) is 14.5. The minimum Gasteiger partial charge on any atom is -0.355 e. The number of H-pyrrole nitrogens is 1. The summed E-state index contributed by atoms with van der Waals surface area (Å²) < 4.78 is 4.44. The summed E-state index contributed by atoms with van der Waals surface area (Å²) in [6.45, 7) is 5.22. The van der Waals surface area contributed by atoms with E-state index < -0.39 is 5.76 Å². The topological polar surface area (TPSA) is 91.2 Å². The summed E-state index contributed by atoms with van der Waals surface area (Å²) in [4.78, 5) is 28.3. The molecule has 1 aromatic heterocycles. The van der Waals surface area contributed by atoms with E-state index in [4.69, 9.17) is 0 Å². The largest absolute Gasteiger partial charge is 0.438 e. The van der Waals surface area contributed by atoms with Crippen LogP contribution in [0.5, 0.6) is 0 Å². The maximum Gasteiger partial charge on any atom is 0.438 e. The molecule has 0 bridgehead atoms. The van der Waals surface area contributed by atoms with Gasteiger partial charge >= 0.3 is 5.76 Å². The van der Waals surface area contributed by atoms with Crippen molar-refractivity contribution >= 4 is 5.91 Å². The van der Waals surface area contributed by atoms with Crippen molar-refractivity contribution in [2.45, 2.75) is 32.7 Å². The fraction of sp³-hybridized carbons (Fsp3) is 0.500. The van der Waals surface area contributed by atoms with Crippen molar-refractivity contribution in [1.29, 1.82) is 0 Å². The number of carbonyl (C=O) groups is 1. The molecule has 1 aliphatic rings. The van der Waals surface area contributed by atoms with Crippen molar-refractivity contribution in [1.82, 2.24) is 20.4 Å². The zero-order valence-electron chi connectivity index (χ0n) is 14.5. The second kappa shape index (κ2) is 7.65. The van der Waals surface area contributed by atoms with Crippen molar-refractivity contribution in [3.63, 3.8) is 0 Å². The molecule has 134 valence electrons. The number of nitrogens with zero attached hydrogens (tertiary/aromatic N) is 2. The highest BCUT2D eigenvalue weighted by molar-refractivity contribution is 5.82. The first kappa shape index (κ1) is 17.4.